The van der Waals surface area contributed by atoms with Crippen LogP contribution in [0, 0.1) is 0 Å². The molecule has 3 heteroatoms. The molecular formula is C4H9NOTi. The first-order valence-corrected chi connectivity index (χ1v) is 2.01. The van der Waals surface area contributed by atoms with Gasteiger partial charge in [0.1, 0.15) is 0 Å². The van der Waals surface area contributed by atoms with Crippen molar-refractivity contribution in [3.63, 3.8) is 0 Å². The second-order valence-corrected chi connectivity index (χ2v) is 1.09. The van der Waals surface area contributed by atoms with Gasteiger partial charge in [0.25, 0.3) is 0 Å². The van der Waals surface area contributed by atoms with Crippen LogP contribution in [0.5, 0.6) is 0 Å². The Morgan fingerprint density at radius 3 is 2.14 bits per heavy atom. The summed E-state index contributed by atoms with van der Waals surface area (Å²) in [5, 5.41) is 2.57. The van der Waals surface area contributed by atoms with E-state index >= 15 is 0 Å². The molecular weight excluding hydrogens is 126 g/mol. The second-order valence-electron chi connectivity index (χ2n) is 1.09. The molecule has 0 radical (unpaired) electrons. The summed E-state index contributed by atoms with van der Waals surface area (Å²) < 4.78 is 0. The van der Waals surface area contributed by atoms with Gasteiger partial charge in [0.2, 0.25) is 5.91 Å². The molecule has 0 aliphatic heterocycles. The fourth-order valence-corrected chi connectivity index (χ4v) is 0.249. The summed E-state index contributed by atoms with van der Waals surface area (Å²) in [5.41, 5.74) is 0. The molecule has 0 spiro atoms. The number of rotatable bonds is 1. The molecule has 0 aliphatic carbocycles. The third kappa shape index (κ3) is 10.7. The summed E-state index contributed by atoms with van der Waals surface area (Å²) in [6, 6.07) is 0. The van der Waals surface area contributed by atoms with Crippen molar-refractivity contribution in [1.82, 2.24) is 5.32 Å². The quantitative estimate of drug-likeness (QED) is 0.509. The maximum atomic E-state index is 9.93. The van der Waals surface area contributed by atoms with Crippen molar-refractivity contribution in [3.05, 3.63) is 0 Å². The predicted molar refractivity (Wildman–Crippen MR) is 24.4 cm³/mol. The Balaban J connectivity index is 0. The van der Waals surface area contributed by atoms with Crippen LogP contribution in [0.2, 0.25) is 0 Å². The van der Waals surface area contributed by atoms with Crippen LogP contribution in [0.25, 0.3) is 0 Å². The zero-order valence-electron chi connectivity index (χ0n) is 4.62. The molecule has 0 heterocycles. The van der Waals surface area contributed by atoms with E-state index in [9.17, 15) is 4.79 Å². The average Bonchev–Trinajstić information content (AvgIpc) is 1.35. The zero-order valence-corrected chi connectivity index (χ0v) is 6.18. The third-order valence-corrected chi connectivity index (χ3v) is 0.426. The van der Waals surface area contributed by atoms with Crippen molar-refractivity contribution < 1.29 is 26.5 Å². The molecule has 40 valence electrons. The van der Waals surface area contributed by atoms with E-state index in [0.29, 0.717) is 0 Å². The van der Waals surface area contributed by atoms with Gasteiger partial charge in [-0.25, -0.2) is 0 Å². The molecule has 0 atom stereocenters. The number of carbonyl (C=O) groups is 1. The molecule has 1 amide bonds. The minimum absolute atomic E-state index is 0. The van der Waals surface area contributed by atoms with Crippen LogP contribution in [0.3, 0.4) is 0 Å². The molecule has 0 aliphatic rings. The van der Waals surface area contributed by atoms with Crippen LogP contribution < -0.4 is 5.32 Å². The van der Waals surface area contributed by atoms with E-state index in [2.05, 4.69) is 5.32 Å². The van der Waals surface area contributed by atoms with E-state index in [1.165, 1.54) is 6.92 Å². The van der Waals surface area contributed by atoms with Crippen LogP contribution in [-0.4, -0.2) is 12.5 Å². The van der Waals surface area contributed by atoms with Gasteiger partial charge in [-0.05, 0) is 6.92 Å². The Bertz CT molecular complexity index is 55.7. The summed E-state index contributed by atoms with van der Waals surface area (Å²) in [4.78, 5) is 9.93. The number of hydrogen-bond donors (Lipinski definition) is 1. The van der Waals surface area contributed by atoms with Gasteiger partial charge in [-0.1, -0.05) is 0 Å². The molecule has 7 heavy (non-hydrogen) atoms. The number of amides is 1. The first-order valence-electron chi connectivity index (χ1n) is 2.01. The Hall–Kier alpha value is 0.184. The maximum absolute atomic E-state index is 9.93. The first kappa shape index (κ1) is 10.2. The second kappa shape index (κ2) is 6.18. The molecule has 0 rings (SSSR count). The van der Waals surface area contributed by atoms with Gasteiger partial charge in [-0.15, -0.1) is 0 Å². The number of carbonyl (C=O) groups excluding carboxylic acids is 1. The summed E-state index contributed by atoms with van der Waals surface area (Å²) in [7, 11) is 0. The fourth-order valence-electron chi connectivity index (χ4n) is 0.249. The summed E-state index contributed by atoms with van der Waals surface area (Å²) in [5.74, 6) is 0.0394. The van der Waals surface area contributed by atoms with Gasteiger partial charge in [-0.3, -0.25) is 4.79 Å². The standard InChI is InChI=1S/C4H9NO.Ti/c1-3-5-4(2)6;/h3H2,1-2H3,(H,5,6);. The molecule has 0 unspecified atom stereocenters. The minimum atomic E-state index is 0. The van der Waals surface area contributed by atoms with Crippen LogP contribution in [0.4, 0.5) is 0 Å². The van der Waals surface area contributed by atoms with E-state index < -0.39 is 0 Å². The molecule has 1 N–H and O–H groups in total. The normalized spacial score (nSPS) is 6.57. The van der Waals surface area contributed by atoms with Gasteiger partial charge < -0.3 is 5.32 Å². The van der Waals surface area contributed by atoms with E-state index in [1.807, 2.05) is 6.92 Å². The molecule has 0 bridgehead atoms. The average molecular weight is 135 g/mol. The molecule has 0 aromatic carbocycles. The van der Waals surface area contributed by atoms with E-state index in [-0.39, 0.29) is 27.6 Å². The largest absolute Gasteiger partial charge is 0.357 e. The van der Waals surface area contributed by atoms with Crippen LogP contribution in [-0.2, 0) is 26.5 Å². The SMILES string of the molecule is CCNC(C)=O.[Ti]. The van der Waals surface area contributed by atoms with Crippen molar-refractivity contribution >= 4 is 5.91 Å². The maximum Gasteiger partial charge on any atom is 0.216 e. The van der Waals surface area contributed by atoms with Gasteiger partial charge >= 0.3 is 0 Å². The van der Waals surface area contributed by atoms with Crippen LogP contribution >= 0.6 is 0 Å². The van der Waals surface area contributed by atoms with Crippen molar-refractivity contribution in [2.45, 2.75) is 13.8 Å². The van der Waals surface area contributed by atoms with Crippen molar-refractivity contribution in [3.8, 4) is 0 Å². The van der Waals surface area contributed by atoms with Gasteiger partial charge in [-0.2, -0.15) is 0 Å². The molecule has 0 saturated heterocycles. The zero-order chi connectivity index (χ0) is 4.99. The molecule has 0 saturated carbocycles. The Morgan fingerprint density at radius 1 is 1.71 bits per heavy atom. The van der Waals surface area contributed by atoms with Crippen LogP contribution in [0.1, 0.15) is 13.8 Å². The topological polar surface area (TPSA) is 29.1 Å². The van der Waals surface area contributed by atoms with Gasteiger partial charge in [0.05, 0.1) is 0 Å². The molecule has 0 fully saturated rings. The summed E-state index contributed by atoms with van der Waals surface area (Å²) in [6.45, 7) is 4.13. The minimum Gasteiger partial charge on any atom is -0.357 e. The van der Waals surface area contributed by atoms with Crippen molar-refractivity contribution in [2.75, 3.05) is 6.54 Å². The van der Waals surface area contributed by atoms with Gasteiger partial charge in [0, 0.05) is 35.2 Å². The fraction of sp³-hybridized carbons (Fsp3) is 0.750. The monoisotopic (exact) mass is 135 g/mol. The summed E-state index contributed by atoms with van der Waals surface area (Å²) >= 11 is 0. The van der Waals surface area contributed by atoms with Gasteiger partial charge in [0.15, 0.2) is 0 Å². The van der Waals surface area contributed by atoms with E-state index in [4.69, 9.17) is 0 Å². The molecule has 2 nitrogen and oxygen atoms in total. The Labute approximate surface area is 58.6 Å². The smallest absolute Gasteiger partial charge is 0.216 e. The van der Waals surface area contributed by atoms with Crippen molar-refractivity contribution in [1.29, 1.82) is 0 Å². The van der Waals surface area contributed by atoms with E-state index in [1.54, 1.807) is 0 Å². The summed E-state index contributed by atoms with van der Waals surface area (Å²) in [6.07, 6.45) is 0. The Morgan fingerprint density at radius 2 is 2.14 bits per heavy atom. The predicted octanol–water partition coefficient (Wildman–Crippen LogP) is 0.140. The third-order valence-electron chi connectivity index (χ3n) is 0.426. The van der Waals surface area contributed by atoms with E-state index in [0.717, 1.165) is 6.54 Å². The number of hydrogen-bond acceptors (Lipinski definition) is 1. The molecule has 0 aromatic heterocycles. The first-order chi connectivity index (χ1) is 2.77. The Kier molecular flexibility index (Phi) is 9.03. The molecule has 0 aromatic rings. The number of nitrogens with one attached hydrogen (secondary N) is 1. The van der Waals surface area contributed by atoms with Crippen molar-refractivity contribution in [2.24, 2.45) is 0 Å². The van der Waals surface area contributed by atoms with Crippen LogP contribution in [0.15, 0.2) is 0 Å².